The van der Waals surface area contributed by atoms with Gasteiger partial charge in [0.05, 0.1) is 0 Å². The third-order valence-corrected chi connectivity index (χ3v) is 2.75. The number of anilines is 1. The molecule has 0 saturated carbocycles. The van der Waals surface area contributed by atoms with E-state index in [-0.39, 0.29) is 10.8 Å². The van der Waals surface area contributed by atoms with Crippen LogP contribution in [-0.2, 0) is 0 Å². The van der Waals surface area contributed by atoms with E-state index in [0.29, 0.717) is 5.76 Å². The summed E-state index contributed by atoms with van der Waals surface area (Å²) in [7, 11) is 0. The van der Waals surface area contributed by atoms with Crippen LogP contribution in [0.3, 0.4) is 0 Å². The second-order valence-corrected chi connectivity index (χ2v) is 4.58. The summed E-state index contributed by atoms with van der Waals surface area (Å²) in [5.74, 6) is 0.145. The molecule has 7 heteroatoms. The number of amides is 1. The van der Waals surface area contributed by atoms with Crippen LogP contribution in [0.4, 0.5) is 5.69 Å². The third-order valence-electron chi connectivity index (χ3n) is 2.54. The topological polar surface area (TPSA) is 79.2 Å². The van der Waals surface area contributed by atoms with Gasteiger partial charge < -0.3 is 9.84 Å². The summed E-state index contributed by atoms with van der Waals surface area (Å²) in [6.07, 6.45) is 0. The molecule has 0 fully saturated rings. The molecule has 0 bridgehead atoms. The normalized spacial score (nSPS) is 9.90. The van der Waals surface area contributed by atoms with E-state index in [1.165, 1.54) is 6.07 Å². The maximum atomic E-state index is 11.7. The summed E-state index contributed by atoms with van der Waals surface area (Å²) in [6, 6.07) is 9.23. The van der Waals surface area contributed by atoms with Crippen molar-refractivity contribution in [2.24, 2.45) is 0 Å². The van der Waals surface area contributed by atoms with Crippen LogP contribution in [0.5, 0.6) is 0 Å². The quantitative estimate of drug-likeness (QED) is 0.579. The number of para-hydroxylation sites is 1. The summed E-state index contributed by atoms with van der Waals surface area (Å²) in [5, 5.41) is 6.87. The van der Waals surface area contributed by atoms with Crippen molar-refractivity contribution in [3.63, 3.8) is 0 Å². The van der Waals surface area contributed by atoms with Gasteiger partial charge >= 0.3 is 0 Å². The molecule has 20 heavy (non-hydrogen) atoms. The van der Waals surface area contributed by atoms with Crippen LogP contribution in [-0.4, -0.2) is 16.2 Å². The molecule has 0 aliphatic heterocycles. The van der Waals surface area contributed by atoms with Gasteiger partial charge in [0.2, 0.25) is 0 Å². The minimum Gasteiger partial charge on any atom is -0.361 e. The number of nitrogens with zero attached hydrogens (tertiary/aromatic N) is 1. The molecule has 2 rings (SSSR count). The molecular weight excluding hydrogens is 276 g/mol. The van der Waals surface area contributed by atoms with Crippen LogP contribution in [0.15, 0.2) is 34.9 Å². The Morgan fingerprint density at radius 1 is 1.25 bits per heavy atom. The number of hydrogen-bond acceptors (Lipinski definition) is 4. The third kappa shape index (κ3) is 3.55. The van der Waals surface area contributed by atoms with Gasteiger partial charge in [-0.25, -0.2) is 0 Å². The van der Waals surface area contributed by atoms with Crippen molar-refractivity contribution >= 4 is 28.9 Å². The van der Waals surface area contributed by atoms with E-state index in [0.717, 1.165) is 11.3 Å². The molecule has 1 amide bonds. The average molecular weight is 290 g/mol. The van der Waals surface area contributed by atoms with Crippen molar-refractivity contribution < 1.29 is 9.32 Å². The van der Waals surface area contributed by atoms with Crippen molar-refractivity contribution in [3.8, 4) is 0 Å². The number of carbonyl (C=O) groups is 1. The Kier molecular flexibility index (Phi) is 4.31. The predicted octanol–water partition coefficient (Wildman–Crippen LogP) is 1.92. The number of aromatic nitrogens is 1. The molecule has 1 heterocycles. The summed E-state index contributed by atoms with van der Waals surface area (Å²) in [5.41, 5.74) is 7.15. The SMILES string of the molecule is Cc1cc(C(=O)NNC(=S)Nc2ccccc2C)no1. The number of thiocarbonyl (C=S) groups is 1. The first-order valence-electron chi connectivity index (χ1n) is 5.92. The lowest BCUT2D eigenvalue weighted by atomic mass is 10.2. The lowest BCUT2D eigenvalue weighted by Crippen LogP contribution is -2.43. The fourth-order valence-corrected chi connectivity index (χ4v) is 1.68. The number of nitrogens with one attached hydrogen (secondary N) is 3. The van der Waals surface area contributed by atoms with Crippen molar-refractivity contribution in [2.45, 2.75) is 13.8 Å². The molecule has 0 saturated heterocycles. The molecule has 0 radical (unpaired) electrons. The summed E-state index contributed by atoms with van der Waals surface area (Å²) < 4.78 is 4.82. The second-order valence-electron chi connectivity index (χ2n) is 4.17. The van der Waals surface area contributed by atoms with Gasteiger partial charge in [-0.05, 0) is 37.7 Å². The Hall–Kier alpha value is -2.41. The van der Waals surface area contributed by atoms with Crippen LogP contribution in [0.2, 0.25) is 0 Å². The lowest BCUT2D eigenvalue weighted by Gasteiger charge is -2.12. The second kappa shape index (κ2) is 6.16. The van der Waals surface area contributed by atoms with E-state index < -0.39 is 5.91 Å². The Bertz CT molecular complexity index is 639. The zero-order chi connectivity index (χ0) is 14.5. The fraction of sp³-hybridized carbons (Fsp3) is 0.154. The van der Waals surface area contributed by atoms with E-state index in [1.807, 2.05) is 31.2 Å². The molecule has 0 aliphatic carbocycles. The predicted molar refractivity (Wildman–Crippen MR) is 79.2 cm³/mol. The van der Waals surface area contributed by atoms with Crippen LogP contribution >= 0.6 is 12.2 Å². The number of hydrogen-bond donors (Lipinski definition) is 3. The van der Waals surface area contributed by atoms with Gasteiger partial charge in [-0.2, -0.15) is 0 Å². The zero-order valence-electron chi connectivity index (χ0n) is 11.1. The minimum atomic E-state index is -0.421. The van der Waals surface area contributed by atoms with Gasteiger partial charge in [-0.15, -0.1) is 0 Å². The van der Waals surface area contributed by atoms with Gasteiger partial charge in [0.25, 0.3) is 5.91 Å². The highest BCUT2D eigenvalue weighted by molar-refractivity contribution is 7.80. The average Bonchev–Trinajstić information content (AvgIpc) is 2.85. The first-order valence-corrected chi connectivity index (χ1v) is 6.33. The largest absolute Gasteiger partial charge is 0.361 e. The van der Waals surface area contributed by atoms with Crippen LogP contribution in [0, 0.1) is 13.8 Å². The highest BCUT2D eigenvalue weighted by Gasteiger charge is 2.10. The molecule has 104 valence electrons. The Labute approximate surface area is 121 Å². The highest BCUT2D eigenvalue weighted by atomic mass is 32.1. The van der Waals surface area contributed by atoms with Crippen molar-refractivity contribution in [2.75, 3.05) is 5.32 Å². The first-order chi connectivity index (χ1) is 9.56. The van der Waals surface area contributed by atoms with Gasteiger partial charge in [0.15, 0.2) is 10.8 Å². The number of hydrazine groups is 1. The monoisotopic (exact) mass is 290 g/mol. The maximum Gasteiger partial charge on any atom is 0.291 e. The minimum absolute atomic E-state index is 0.189. The molecule has 1 aromatic heterocycles. The Morgan fingerprint density at radius 2 is 2.00 bits per heavy atom. The maximum absolute atomic E-state index is 11.7. The Morgan fingerprint density at radius 3 is 2.65 bits per heavy atom. The van der Waals surface area contributed by atoms with E-state index in [9.17, 15) is 4.79 Å². The van der Waals surface area contributed by atoms with Crippen molar-refractivity contribution in [1.82, 2.24) is 16.0 Å². The summed E-state index contributed by atoms with van der Waals surface area (Å²) in [6.45, 7) is 3.67. The Balaban J connectivity index is 1.87. The number of benzene rings is 1. The molecule has 0 atom stereocenters. The van der Waals surface area contributed by atoms with Gasteiger partial charge in [-0.1, -0.05) is 23.4 Å². The molecule has 6 nitrogen and oxygen atoms in total. The molecule has 0 unspecified atom stereocenters. The standard InChI is InChI=1S/C13H14N4O2S/c1-8-5-3-4-6-10(8)14-13(20)16-15-12(18)11-7-9(2)19-17-11/h3-7H,1-2H3,(H,15,18)(H2,14,16,20). The van der Waals surface area contributed by atoms with E-state index in [4.69, 9.17) is 16.7 Å². The molecule has 1 aromatic carbocycles. The molecule has 0 spiro atoms. The van der Waals surface area contributed by atoms with Crippen LogP contribution in [0.25, 0.3) is 0 Å². The molecule has 3 N–H and O–H groups in total. The van der Waals surface area contributed by atoms with E-state index >= 15 is 0 Å². The van der Waals surface area contributed by atoms with Gasteiger partial charge in [-0.3, -0.25) is 15.6 Å². The summed E-state index contributed by atoms with van der Waals surface area (Å²) in [4.78, 5) is 11.7. The van der Waals surface area contributed by atoms with Crippen LogP contribution in [0.1, 0.15) is 21.8 Å². The van der Waals surface area contributed by atoms with Crippen molar-refractivity contribution in [1.29, 1.82) is 0 Å². The molecule has 2 aromatic rings. The fourth-order valence-electron chi connectivity index (χ4n) is 1.52. The van der Waals surface area contributed by atoms with Crippen LogP contribution < -0.4 is 16.2 Å². The zero-order valence-corrected chi connectivity index (χ0v) is 11.9. The molecule has 0 aliphatic rings. The number of rotatable bonds is 2. The number of carbonyl (C=O) groups excluding carboxylic acids is 1. The van der Waals surface area contributed by atoms with Gasteiger partial charge in [0.1, 0.15) is 5.76 Å². The van der Waals surface area contributed by atoms with E-state index in [2.05, 4.69) is 21.3 Å². The van der Waals surface area contributed by atoms with Gasteiger partial charge in [0, 0.05) is 11.8 Å². The number of aryl methyl sites for hydroxylation is 2. The molecular formula is C13H14N4O2S. The smallest absolute Gasteiger partial charge is 0.291 e. The first kappa shape index (κ1) is 14.0. The lowest BCUT2D eigenvalue weighted by molar-refractivity contribution is 0.0935. The highest BCUT2D eigenvalue weighted by Crippen LogP contribution is 2.12. The van der Waals surface area contributed by atoms with E-state index in [1.54, 1.807) is 6.92 Å². The summed E-state index contributed by atoms with van der Waals surface area (Å²) >= 11 is 5.09. The van der Waals surface area contributed by atoms with Crippen molar-refractivity contribution in [3.05, 3.63) is 47.3 Å².